The molecule has 6 heteroatoms. The fourth-order valence-electron chi connectivity index (χ4n) is 1.97. The third-order valence-electron chi connectivity index (χ3n) is 2.84. The number of nitrogens with zero attached hydrogens (tertiary/aromatic N) is 2. The van der Waals surface area contributed by atoms with Gasteiger partial charge in [0.1, 0.15) is 0 Å². The molecular formula is C14H27N3O3. The predicted octanol–water partition coefficient (Wildman–Crippen LogP) is 1.32. The van der Waals surface area contributed by atoms with Crippen molar-refractivity contribution in [3.05, 3.63) is 11.7 Å². The number of hydrogen-bond donors (Lipinski definition) is 2. The minimum atomic E-state index is -0.492. The topological polar surface area (TPSA) is 80.4 Å². The van der Waals surface area contributed by atoms with Crippen molar-refractivity contribution in [1.82, 2.24) is 15.5 Å². The standard InChI is InChI=1S/C14H27N3O3/c1-10(2)7-11(3)19-9-13(18)8-15-6-5-14-16-12(4)17-20-14/h10-11,13,15,18H,5-9H2,1-4H3. The van der Waals surface area contributed by atoms with E-state index in [2.05, 4.69) is 29.3 Å². The summed E-state index contributed by atoms with van der Waals surface area (Å²) in [5, 5.41) is 16.7. The van der Waals surface area contributed by atoms with Crippen LogP contribution in [0.2, 0.25) is 0 Å². The molecule has 6 nitrogen and oxygen atoms in total. The first-order valence-electron chi connectivity index (χ1n) is 7.27. The highest BCUT2D eigenvalue weighted by Gasteiger charge is 2.09. The van der Waals surface area contributed by atoms with Gasteiger partial charge in [-0.2, -0.15) is 4.98 Å². The second-order valence-electron chi connectivity index (χ2n) is 5.62. The van der Waals surface area contributed by atoms with Crippen molar-refractivity contribution in [3.63, 3.8) is 0 Å². The molecule has 0 aromatic carbocycles. The van der Waals surface area contributed by atoms with Crippen LogP contribution in [0.25, 0.3) is 0 Å². The predicted molar refractivity (Wildman–Crippen MR) is 76.5 cm³/mol. The molecule has 0 spiro atoms. The number of ether oxygens (including phenoxy) is 1. The lowest BCUT2D eigenvalue weighted by molar-refractivity contribution is -0.00841. The third-order valence-corrected chi connectivity index (χ3v) is 2.84. The molecule has 1 aromatic heterocycles. The Hall–Kier alpha value is -0.980. The van der Waals surface area contributed by atoms with Crippen molar-refractivity contribution >= 4 is 0 Å². The molecule has 0 saturated carbocycles. The van der Waals surface area contributed by atoms with E-state index in [1.54, 1.807) is 6.92 Å². The Morgan fingerprint density at radius 3 is 2.70 bits per heavy atom. The SMILES string of the molecule is Cc1noc(CCNCC(O)COC(C)CC(C)C)n1. The van der Waals surface area contributed by atoms with Gasteiger partial charge in [-0.15, -0.1) is 0 Å². The summed E-state index contributed by atoms with van der Waals surface area (Å²) in [6.07, 6.45) is 1.37. The second-order valence-corrected chi connectivity index (χ2v) is 5.62. The van der Waals surface area contributed by atoms with E-state index in [0.29, 0.717) is 43.8 Å². The Kier molecular flexibility index (Phi) is 7.72. The van der Waals surface area contributed by atoms with E-state index >= 15 is 0 Å². The normalized spacial score (nSPS) is 14.7. The highest BCUT2D eigenvalue weighted by molar-refractivity contribution is 4.83. The molecule has 116 valence electrons. The highest BCUT2D eigenvalue weighted by atomic mass is 16.5. The molecule has 1 heterocycles. The summed E-state index contributed by atoms with van der Waals surface area (Å²) >= 11 is 0. The smallest absolute Gasteiger partial charge is 0.227 e. The molecule has 2 unspecified atom stereocenters. The lowest BCUT2D eigenvalue weighted by Crippen LogP contribution is -2.32. The van der Waals surface area contributed by atoms with Crippen molar-refractivity contribution < 1.29 is 14.4 Å². The summed E-state index contributed by atoms with van der Waals surface area (Å²) in [6, 6.07) is 0. The third kappa shape index (κ3) is 7.57. The van der Waals surface area contributed by atoms with Gasteiger partial charge in [0.25, 0.3) is 0 Å². The van der Waals surface area contributed by atoms with Gasteiger partial charge in [0.15, 0.2) is 5.82 Å². The van der Waals surface area contributed by atoms with E-state index in [0.717, 1.165) is 6.42 Å². The minimum Gasteiger partial charge on any atom is -0.389 e. The average molecular weight is 285 g/mol. The summed E-state index contributed by atoms with van der Waals surface area (Å²) in [4.78, 5) is 4.11. The van der Waals surface area contributed by atoms with Gasteiger partial charge < -0.3 is 19.7 Å². The highest BCUT2D eigenvalue weighted by Crippen LogP contribution is 2.07. The molecule has 0 aliphatic rings. The zero-order chi connectivity index (χ0) is 15.0. The van der Waals surface area contributed by atoms with E-state index in [1.807, 2.05) is 6.92 Å². The lowest BCUT2D eigenvalue weighted by Gasteiger charge is -2.18. The van der Waals surface area contributed by atoms with E-state index in [4.69, 9.17) is 9.26 Å². The van der Waals surface area contributed by atoms with Gasteiger partial charge in [-0.25, -0.2) is 0 Å². The van der Waals surface area contributed by atoms with Gasteiger partial charge in [-0.1, -0.05) is 19.0 Å². The lowest BCUT2D eigenvalue weighted by atomic mass is 10.1. The number of hydrogen-bond acceptors (Lipinski definition) is 6. The van der Waals surface area contributed by atoms with Crippen LogP contribution in [-0.2, 0) is 11.2 Å². The van der Waals surface area contributed by atoms with Crippen LogP contribution in [0.3, 0.4) is 0 Å². The van der Waals surface area contributed by atoms with Crippen LogP contribution in [0.4, 0.5) is 0 Å². The summed E-state index contributed by atoms with van der Waals surface area (Å²) in [5.74, 6) is 1.87. The molecule has 0 saturated heterocycles. The molecule has 20 heavy (non-hydrogen) atoms. The molecule has 0 bridgehead atoms. The molecule has 0 aliphatic heterocycles. The van der Waals surface area contributed by atoms with Gasteiger partial charge in [0.05, 0.1) is 18.8 Å². The van der Waals surface area contributed by atoms with Gasteiger partial charge in [-0.3, -0.25) is 0 Å². The van der Waals surface area contributed by atoms with Gasteiger partial charge >= 0.3 is 0 Å². The Balaban J connectivity index is 2.03. The quantitative estimate of drug-likeness (QED) is 0.631. The largest absolute Gasteiger partial charge is 0.389 e. The first kappa shape index (κ1) is 17.1. The summed E-state index contributed by atoms with van der Waals surface area (Å²) in [6.45, 7) is 9.72. The molecule has 0 amide bonds. The maximum atomic E-state index is 9.79. The monoisotopic (exact) mass is 285 g/mol. The minimum absolute atomic E-state index is 0.186. The summed E-state index contributed by atoms with van der Waals surface area (Å²) in [7, 11) is 0. The van der Waals surface area contributed by atoms with Crippen LogP contribution in [0.1, 0.15) is 38.9 Å². The van der Waals surface area contributed by atoms with Gasteiger partial charge in [0, 0.05) is 19.5 Å². The molecular weight excluding hydrogens is 258 g/mol. The van der Waals surface area contributed by atoms with E-state index in [1.165, 1.54) is 0 Å². The summed E-state index contributed by atoms with van der Waals surface area (Å²) in [5.41, 5.74) is 0. The van der Waals surface area contributed by atoms with Crippen molar-refractivity contribution in [2.75, 3.05) is 19.7 Å². The van der Waals surface area contributed by atoms with Crippen LogP contribution in [0, 0.1) is 12.8 Å². The van der Waals surface area contributed by atoms with Crippen molar-refractivity contribution in [3.8, 4) is 0 Å². The Labute approximate surface area is 120 Å². The van der Waals surface area contributed by atoms with Crippen LogP contribution >= 0.6 is 0 Å². The first-order chi connectivity index (χ1) is 9.47. The fraction of sp³-hybridized carbons (Fsp3) is 0.857. The van der Waals surface area contributed by atoms with E-state index in [-0.39, 0.29) is 6.10 Å². The maximum absolute atomic E-state index is 9.79. The van der Waals surface area contributed by atoms with E-state index in [9.17, 15) is 5.11 Å². The van der Waals surface area contributed by atoms with Crippen molar-refractivity contribution in [2.45, 2.75) is 52.7 Å². The molecule has 0 radical (unpaired) electrons. The van der Waals surface area contributed by atoms with Crippen molar-refractivity contribution in [2.24, 2.45) is 5.92 Å². The number of rotatable bonds is 10. The zero-order valence-corrected chi connectivity index (χ0v) is 12.9. The molecule has 0 aliphatic carbocycles. The molecule has 1 aromatic rings. The molecule has 2 N–H and O–H groups in total. The number of nitrogens with one attached hydrogen (secondary N) is 1. The second kappa shape index (κ2) is 9.05. The molecule has 2 atom stereocenters. The fourth-order valence-corrected chi connectivity index (χ4v) is 1.97. The first-order valence-corrected chi connectivity index (χ1v) is 7.27. The van der Waals surface area contributed by atoms with Crippen LogP contribution in [0.5, 0.6) is 0 Å². The number of aliphatic hydroxyl groups is 1. The average Bonchev–Trinajstić information content (AvgIpc) is 2.77. The Morgan fingerprint density at radius 1 is 1.35 bits per heavy atom. The number of aryl methyl sites for hydroxylation is 1. The maximum Gasteiger partial charge on any atom is 0.227 e. The number of aromatic nitrogens is 2. The van der Waals surface area contributed by atoms with Gasteiger partial charge in [-0.05, 0) is 26.2 Å². The van der Waals surface area contributed by atoms with Crippen LogP contribution < -0.4 is 5.32 Å². The Bertz CT molecular complexity index is 368. The summed E-state index contributed by atoms with van der Waals surface area (Å²) < 4.78 is 10.6. The molecule has 0 fully saturated rings. The molecule has 1 rings (SSSR count). The van der Waals surface area contributed by atoms with E-state index < -0.39 is 6.10 Å². The van der Waals surface area contributed by atoms with Crippen LogP contribution in [-0.4, -0.2) is 47.2 Å². The zero-order valence-electron chi connectivity index (χ0n) is 12.9. The van der Waals surface area contributed by atoms with Crippen LogP contribution in [0.15, 0.2) is 4.52 Å². The van der Waals surface area contributed by atoms with Crippen molar-refractivity contribution in [1.29, 1.82) is 0 Å². The number of aliphatic hydroxyl groups excluding tert-OH is 1. The Morgan fingerprint density at radius 2 is 2.10 bits per heavy atom. The van der Waals surface area contributed by atoms with Gasteiger partial charge in [0.2, 0.25) is 5.89 Å².